The lowest BCUT2D eigenvalue weighted by Crippen LogP contribution is -2.45. The third-order valence-electron chi connectivity index (χ3n) is 6.21. The average Bonchev–Trinajstić information content (AvgIpc) is 3.53. The summed E-state index contributed by atoms with van der Waals surface area (Å²) in [7, 11) is 1.89. The van der Waals surface area contributed by atoms with E-state index in [1.165, 1.54) is 0 Å². The van der Waals surface area contributed by atoms with Crippen LogP contribution in [-0.4, -0.2) is 46.7 Å². The van der Waals surface area contributed by atoms with Crippen molar-refractivity contribution >= 4 is 5.52 Å². The van der Waals surface area contributed by atoms with Crippen molar-refractivity contribution in [3.8, 4) is 29.1 Å². The van der Waals surface area contributed by atoms with Crippen LogP contribution in [0.2, 0.25) is 0 Å². The lowest BCUT2D eigenvalue weighted by atomic mass is 9.79. The van der Waals surface area contributed by atoms with Gasteiger partial charge in [0.05, 0.1) is 47.2 Å². The molecule has 4 heterocycles. The van der Waals surface area contributed by atoms with Crippen LogP contribution in [0.3, 0.4) is 0 Å². The maximum atomic E-state index is 6.22. The Morgan fingerprint density at radius 2 is 1.93 bits per heavy atom. The zero-order valence-corrected chi connectivity index (χ0v) is 16.9. The van der Waals surface area contributed by atoms with Gasteiger partial charge in [-0.1, -0.05) is 4.85 Å². The Labute approximate surface area is 174 Å². The van der Waals surface area contributed by atoms with Gasteiger partial charge in [-0.15, -0.1) is 0 Å². The molecule has 0 amide bonds. The van der Waals surface area contributed by atoms with E-state index in [4.69, 9.17) is 22.4 Å². The maximum absolute atomic E-state index is 6.22. The van der Waals surface area contributed by atoms with Crippen LogP contribution in [0.25, 0.3) is 32.9 Å². The zero-order valence-electron chi connectivity index (χ0n) is 16.9. The molecule has 2 N–H and O–H groups in total. The van der Waals surface area contributed by atoms with Crippen LogP contribution in [0.1, 0.15) is 25.7 Å². The molecule has 0 atom stereocenters. The highest BCUT2D eigenvalue weighted by atomic mass is 15.3. The lowest BCUT2D eigenvalue weighted by Gasteiger charge is -2.36. The van der Waals surface area contributed by atoms with Crippen molar-refractivity contribution < 1.29 is 0 Å². The second-order valence-corrected chi connectivity index (χ2v) is 8.02. The van der Waals surface area contributed by atoms with Crippen LogP contribution >= 0.6 is 0 Å². The second-order valence-electron chi connectivity index (χ2n) is 8.02. The Morgan fingerprint density at radius 3 is 2.63 bits per heavy atom. The minimum Gasteiger partial charge on any atom is -0.328 e. The predicted octanol–water partition coefficient (Wildman–Crippen LogP) is 2.55. The van der Waals surface area contributed by atoms with Crippen molar-refractivity contribution in [3.63, 3.8) is 0 Å². The van der Waals surface area contributed by atoms with Gasteiger partial charge in [-0.05, 0) is 18.9 Å². The molecule has 0 aromatic carbocycles. The second kappa shape index (κ2) is 7.07. The van der Waals surface area contributed by atoms with Gasteiger partial charge in [0, 0.05) is 50.0 Å². The first-order valence-corrected chi connectivity index (χ1v) is 10.1. The molecule has 9 heteroatoms. The van der Waals surface area contributed by atoms with Gasteiger partial charge in [-0.3, -0.25) is 9.36 Å². The highest BCUT2D eigenvalue weighted by molar-refractivity contribution is 5.78. The number of aromatic nitrogens is 7. The van der Waals surface area contributed by atoms with Crippen LogP contribution in [0.15, 0.2) is 43.2 Å². The zero-order chi connectivity index (χ0) is 20.7. The van der Waals surface area contributed by atoms with Gasteiger partial charge in [0.2, 0.25) is 0 Å². The molecule has 4 aromatic rings. The molecule has 1 aliphatic carbocycles. The summed E-state index contributed by atoms with van der Waals surface area (Å²) in [5.74, 6) is 0. The molecular weight excluding hydrogens is 378 g/mol. The van der Waals surface area contributed by atoms with E-state index >= 15 is 0 Å². The monoisotopic (exact) mass is 402 g/mol. The maximum Gasteiger partial charge on any atom is 0.272 e. The Morgan fingerprint density at radius 1 is 1.13 bits per heavy atom. The molecule has 1 saturated carbocycles. The fraction of sp³-hybridized carbons (Fsp3) is 0.381. The van der Waals surface area contributed by atoms with E-state index in [-0.39, 0.29) is 11.6 Å². The van der Waals surface area contributed by atoms with Crippen LogP contribution in [0.4, 0.5) is 0 Å². The summed E-state index contributed by atoms with van der Waals surface area (Å²) >= 11 is 0. The summed E-state index contributed by atoms with van der Waals surface area (Å²) in [6, 6.07) is 2.17. The summed E-state index contributed by atoms with van der Waals surface area (Å²) in [4.78, 5) is 8.89. The molecule has 152 valence electrons. The molecule has 30 heavy (non-hydrogen) atoms. The molecule has 0 aliphatic heterocycles. The third-order valence-corrected chi connectivity index (χ3v) is 6.21. The van der Waals surface area contributed by atoms with Crippen molar-refractivity contribution in [1.82, 2.24) is 34.2 Å². The summed E-state index contributed by atoms with van der Waals surface area (Å²) in [6.45, 7) is 6.03. The standard InChI is InChI=1S/C21H24N9/c1-23-17-3-6-21(14-22,7-4-17)30-12-16(10-26-30)20-19-5-8-24-29(19)13-18(27-20)15-9-25-28(2)11-15/h1,5,8-13,17H,3-4,6-7,14,22H2,2H3/q+1. The lowest BCUT2D eigenvalue weighted by molar-refractivity contribution is 0.178. The van der Waals surface area contributed by atoms with Crippen molar-refractivity contribution in [2.24, 2.45) is 12.8 Å². The Bertz CT molecular complexity index is 1230. The molecule has 5 rings (SSSR count). The molecule has 1 aliphatic rings. The highest BCUT2D eigenvalue weighted by Crippen LogP contribution is 2.36. The van der Waals surface area contributed by atoms with Gasteiger partial charge in [0.25, 0.3) is 12.6 Å². The normalized spacial score (nSPS) is 21.7. The van der Waals surface area contributed by atoms with Crippen LogP contribution < -0.4 is 5.73 Å². The largest absolute Gasteiger partial charge is 0.328 e. The van der Waals surface area contributed by atoms with Crippen molar-refractivity contribution in [2.45, 2.75) is 37.3 Å². The SMILES string of the molecule is C#[N+]C1CCC(CN)(n2cc(-c3nc(-c4cnn(C)c4)cn4nccc34)cn2)CC1. The van der Waals surface area contributed by atoms with Gasteiger partial charge < -0.3 is 5.73 Å². The number of fused-ring (bicyclic) bond motifs is 1. The number of nitrogens with two attached hydrogens (primary N) is 1. The average molecular weight is 402 g/mol. The van der Waals surface area contributed by atoms with Gasteiger partial charge in [0.1, 0.15) is 0 Å². The molecular formula is C21H24N9+. The summed E-state index contributed by atoms with van der Waals surface area (Å²) in [6.07, 6.45) is 15.0. The van der Waals surface area contributed by atoms with E-state index in [9.17, 15) is 0 Å². The molecule has 4 aromatic heterocycles. The van der Waals surface area contributed by atoms with Crippen LogP contribution in [0.5, 0.6) is 0 Å². The molecule has 0 saturated heterocycles. The van der Waals surface area contributed by atoms with E-state index in [1.807, 2.05) is 40.9 Å². The molecule has 9 nitrogen and oxygen atoms in total. The smallest absolute Gasteiger partial charge is 0.272 e. The predicted molar refractivity (Wildman–Crippen MR) is 114 cm³/mol. The van der Waals surface area contributed by atoms with Crippen molar-refractivity contribution in [1.29, 1.82) is 0 Å². The van der Waals surface area contributed by atoms with E-state index in [0.29, 0.717) is 6.54 Å². The molecule has 0 bridgehead atoms. The highest BCUT2D eigenvalue weighted by Gasteiger charge is 2.40. The van der Waals surface area contributed by atoms with Crippen molar-refractivity contribution in [3.05, 3.63) is 48.1 Å². The van der Waals surface area contributed by atoms with Crippen molar-refractivity contribution in [2.75, 3.05) is 6.54 Å². The molecule has 0 radical (unpaired) electrons. The van der Waals surface area contributed by atoms with Gasteiger partial charge >= 0.3 is 0 Å². The molecule has 0 unspecified atom stereocenters. The molecule has 1 fully saturated rings. The summed E-state index contributed by atoms with van der Waals surface area (Å²) < 4.78 is 5.62. The number of hydrogen-bond donors (Lipinski definition) is 1. The first-order valence-electron chi connectivity index (χ1n) is 10.1. The van der Waals surface area contributed by atoms with Crippen LogP contribution in [0, 0.1) is 6.57 Å². The minimum atomic E-state index is -0.211. The van der Waals surface area contributed by atoms with Gasteiger partial charge in [-0.2, -0.15) is 15.3 Å². The van der Waals surface area contributed by atoms with Gasteiger partial charge in [0.15, 0.2) is 0 Å². The van der Waals surface area contributed by atoms with E-state index in [0.717, 1.165) is 53.7 Å². The fourth-order valence-corrected chi connectivity index (χ4v) is 4.35. The summed E-state index contributed by atoms with van der Waals surface area (Å²) in [5.41, 5.74) is 10.4. The minimum absolute atomic E-state index is 0.211. The number of nitrogens with zero attached hydrogens (tertiary/aromatic N) is 8. The van der Waals surface area contributed by atoms with Crippen LogP contribution in [-0.2, 0) is 12.6 Å². The Kier molecular flexibility index (Phi) is 4.37. The summed E-state index contributed by atoms with van der Waals surface area (Å²) in [5, 5.41) is 13.4. The number of rotatable bonds is 4. The van der Waals surface area contributed by atoms with Gasteiger partial charge in [-0.25, -0.2) is 9.50 Å². The number of aryl methyl sites for hydroxylation is 1. The Balaban J connectivity index is 1.56. The topological polar surface area (TPSA) is 96.2 Å². The van der Waals surface area contributed by atoms with E-state index < -0.39 is 0 Å². The first kappa shape index (κ1) is 18.5. The third kappa shape index (κ3) is 2.97. The molecule has 0 spiro atoms. The number of hydrogen-bond acceptors (Lipinski definition) is 5. The fourth-order valence-electron chi connectivity index (χ4n) is 4.35. The quantitative estimate of drug-likeness (QED) is 0.566. The van der Waals surface area contributed by atoms with E-state index in [1.54, 1.807) is 17.1 Å². The Hall–Kier alpha value is -3.51. The first-order chi connectivity index (χ1) is 14.6. The van der Waals surface area contributed by atoms with E-state index in [2.05, 4.69) is 21.2 Å².